The van der Waals surface area contributed by atoms with E-state index in [0.29, 0.717) is 45.6 Å². The second kappa shape index (κ2) is 14.7. The maximum atomic E-state index is 14.2. The first-order valence-electron chi connectivity index (χ1n) is 15.7. The van der Waals surface area contributed by atoms with Gasteiger partial charge in [0.05, 0.1) is 11.5 Å². The lowest BCUT2D eigenvalue weighted by Gasteiger charge is -2.44. The van der Waals surface area contributed by atoms with E-state index < -0.39 is 41.0 Å². The largest absolute Gasteiger partial charge is 0.489 e. The molecule has 5 rings (SSSR count). The summed E-state index contributed by atoms with van der Waals surface area (Å²) >= 11 is 12.3. The van der Waals surface area contributed by atoms with E-state index >= 15 is 0 Å². The van der Waals surface area contributed by atoms with Crippen molar-refractivity contribution in [3.8, 4) is 5.75 Å². The van der Waals surface area contributed by atoms with E-state index in [2.05, 4.69) is 10.6 Å². The van der Waals surface area contributed by atoms with Gasteiger partial charge in [-0.1, -0.05) is 91.6 Å². The minimum atomic E-state index is -1.73. The number of hydrogen-bond donors (Lipinski definition) is 3. The predicted molar refractivity (Wildman–Crippen MR) is 186 cm³/mol. The molecule has 0 saturated heterocycles. The normalized spacial score (nSPS) is 20.8. The van der Waals surface area contributed by atoms with Crippen LogP contribution in [-0.4, -0.2) is 28.3 Å². The number of para-hydroxylation sites is 2. The predicted octanol–water partition coefficient (Wildman–Crippen LogP) is 8.01. The summed E-state index contributed by atoms with van der Waals surface area (Å²) < 4.78 is 5.97. The summed E-state index contributed by atoms with van der Waals surface area (Å²) in [5.74, 6) is -4.28. The zero-order chi connectivity index (χ0) is 33.7. The van der Waals surface area contributed by atoms with E-state index in [-0.39, 0.29) is 13.0 Å². The number of Topliss-reactive ketones (excluding diaryl/α,β-unsaturated/α-hetero) is 1. The van der Waals surface area contributed by atoms with Gasteiger partial charge < -0.3 is 20.5 Å². The summed E-state index contributed by atoms with van der Waals surface area (Å²) in [4.78, 5) is 42.0. The van der Waals surface area contributed by atoms with Crippen LogP contribution < -0.4 is 15.4 Å². The molecule has 0 aromatic heterocycles. The van der Waals surface area contributed by atoms with Gasteiger partial charge in [0.1, 0.15) is 24.1 Å². The second-order valence-corrected chi connectivity index (χ2v) is 12.9. The molecular formula is C38H38Cl2N2O5. The number of amides is 2. The van der Waals surface area contributed by atoms with Gasteiger partial charge in [-0.15, -0.1) is 0 Å². The van der Waals surface area contributed by atoms with Crippen LogP contribution in [0.4, 0.5) is 11.4 Å². The van der Waals surface area contributed by atoms with Gasteiger partial charge in [0.2, 0.25) is 11.8 Å². The number of halogens is 2. The zero-order valence-corrected chi connectivity index (χ0v) is 28.1. The SMILES string of the molecule is CCc1ccccc1NC(=O)C1C(=O)CC(C)(O)C(C(=O)Nc2ccccc2CC)C1c1ccc(OCc2ccc(Cl)cc2Cl)cc1. The molecule has 0 bridgehead atoms. The smallest absolute Gasteiger partial charge is 0.235 e. The Labute approximate surface area is 285 Å². The molecule has 4 atom stereocenters. The van der Waals surface area contributed by atoms with E-state index in [1.165, 1.54) is 6.92 Å². The molecule has 244 valence electrons. The summed E-state index contributed by atoms with van der Waals surface area (Å²) in [6.07, 6.45) is 1.01. The van der Waals surface area contributed by atoms with E-state index in [4.69, 9.17) is 27.9 Å². The van der Waals surface area contributed by atoms with Gasteiger partial charge in [0.25, 0.3) is 0 Å². The molecule has 1 saturated carbocycles. The van der Waals surface area contributed by atoms with Crippen molar-refractivity contribution in [1.82, 2.24) is 0 Å². The summed E-state index contributed by atoms with van der Waals surface area (Å²) in [6.45, 7) is 5.65. The topological polar surface area (TPSA) is 105 Å². The van der Waals surface area contributed by atoms with Crippen LogP contribution >= 0.6 is 23.2 Å². The summed E-state index contributed by atoms with van der Waals surface area (Å²) in [5.41, 5.74) is 2.63. The van der Waals surface area contributed by atoms with E-state index in [1.807, 2.05) is 50.2 Å². The van der Waals surface area contributed by atoms with Crippen molar-refractivity contribution in [1.29, 1.82) is 0 Å². The average Bonchev–Trinajstić information content (AvgIpc) is 3.04. The summed E-state index contributed by atoms with van der Waals surface area (Å²) in [6, 6.07) is 26.9. The molecule has 0 spiro atoms. The molecule has 1 fully saturated rings. The van der Waals surface area contributed by atoms with Crippen molar-refractivity contribution < 1.29 is 24.2 Å². The maximum absolute atomic E-state index is 14.2. The van der Waals surface area contributed by atoms with Crippen molar-refractivity contribution in [2.45, 2.75) is 58.2 Å². The van der Waals surface area contributed by atoms with Gasteiger partial charge in [-0.25, -0.2) is 0 Å². The Hall–Kier alpha value is -4.17. The Morgan fingerprint density at radius 3 is 1.98 bits per heavy atom. The third-order valence-corrected chi connectivity index (χ3v) is 9.41. The lowest BCUT2D eigenvalue weighted by Crippen LogP contribution is -2.56. The van der Waals surface area contributed by atoms with Crippen LogP contribution in [0, 0.1) is 11.8 Å². The zero-order valence-electron chi connectivity index (χ0n) is 26.6. The number of rotatable bonds is 10. The minimum absolute atomic E-state index is 0.190. The third kappa shape index (κ3) is 7.70. The molecule has 4 aromatic rings. The number of benzene rings is 4. The number of nitrogens with one attached hydrogen (secondary N) is 2. The Balaban J connectivity index is 1.51. The van der Waals surface area contributed by atoms with Crippen molar-refractivity contribution in [3.63, 3.8) is 0 Å². The second-order valence-electron chi connectivity index (χ2n) is 12.1. The number of ether oxygens (including phenoxy) is 1. The molecule has 1 aliphatic rings. The lowest BCUT2D eigenvalue weighted by atomic mass is 9.61. The maximum Gasteiger partial charge on any atom is 0.235 e. The third-order valence-electron chi connectivity index (χ3n) is 8.82. The Morgan fingerprint density at radius 1 is 0.830 bits per heavy atom. The fraction of sp³-hybridized carbons (Fsp3) is 0.289. The molecular weight excluding hydrogens is 635 g/mol. The number of aliphatic hydroxyl groups is 1. The minimum Gasteiger partial charge on any atom is -0.489 e. The van der Waals surface area contributed by atoms with Gasteiger partial charge in [-0.05, 0) is 72.9 Å². The van der Waals surface area contributed by atoms with Gasteiger partial charge in [-0.2, -0.15) is 0 Å². The van der Waals surface area contributed by atoms with Crippen molar-refractivity contribution in [2.75, 3.05) is 10.6 Å². The molecule has 3 N–H and O–H groups in total. The molecule has 9 heteroatoms. The van der Waals surface area contributed by atoms with E-state index in [1.54, 1.807) is 54.6 Å². The molecule has 1 aliphatic carbocycles. The fourth-order valence-electron chi connectivity index (χ4n) is 6.40. The van der Waals surface area contributed by atoms with E-state index in [9.17, 15) is 19.5 Å². The van der Waals surface area contributed by atoms with Crippen LogP contribution in [0.5, 0.6) is 5.75 Å². The summed E-state index contributed by atoms with van der Waals surface area (Å²) in [5, 5.41) is 18.7. The highest BCUT2D eigenvalue weighted by atomic mass is 35.5. The summed E-state index contributed by atoms with van der Waals surface area (Å²) in [7, 11) is 0. The van der Waals surface area contributed by atoms with Crippen LogP contribution in [0.2, 0.25) is 10.0 Å². The molecule has 4 aromatic carbocycles. The number of aryl methyl sites for hydroxylation is 2. The van der Waals surface area contributed by atoms with Gasteiger partial charge in [0.15, 0.2) is 0 Å². The van der Waals surface area contributed by atoms with Crippen LogP contribution in [0.25, 0.3) is 0 Å². The molecule has 2 amide bonds. The highest BCUT2D eigenvalue weighted by Crippen LogP contribution is 2.47. The van der Waals surface area contributed by atoms with Crippen LogP contribution in [-0.2, 0) is 33.8 Å². The first-order valence-corrected chi connectivity index (χ1v) is 16.5. The number of carbonyl (C=O) groups is 3. The number of hydrogen-bond acceptors (Lipinski definition) is 5. The Bertz CT molecular complexity index is 1770. The standard InChI is InChI=1S/C38H38Cl2N2O5/c1-4-23-10-6-8-12-30(23)41-36(44)34-32(43)21-38(3,46)35(37(45)42-31-13-9-7-11-24(31)5-2)33(34)25-15-18-28(19-16-25)47-22-26-14-17-27(39)20-29(26)40/h6-20,33-35,46H,4-5,21-22H2,1-3H3,(H,41,44)(H,42,45). The van der Waals surface area contributed by atoms with Crippen molar-refractivity contribution in [3.05, 3.63) is 123 Å². The monoisotopic (exact) mass is 672 g/mol. The van der Waals surface area contributed by atoms with Gasteiger partial charge in [-0.3, -0.25) is 14.4 Å². The van der Waals surface area contributed by atoms with Crippen molar-refractivity contribution in [2.24, 2.45) is 11.8 Å². The molecule has 4 unspecified atom stereocenters. The van der Waals surface area contributed by atoms with Crippen molar-refractivity contribution >= 4 is 52.2 Å². The first-order chi connectivity index (χ1) is 22.5. The van der Waals surface area contributed by atoms with Crippen LogP contribution in [0.3, 0.4) is 0 Å². The first kappa shape index (κ1) is 34.2. The molecule has 7 nitrogen and oxygen atoms in total. The number of carbonyl (C=O) groups excluding carboxylic acids is 3. The molecule has 0 heterocycles. The van der Waals surface area contributed by atoms with Gasteiger partial charge in [0, 0.05) is 39.3 Å². The Kier molecular flexibility index (Phi) is 10.7. The van der Waals surface area contributed by atoms with Gasteiger partial charge >= 0.3 is 0 Å². The Morgan fingerprint density at radius 2 is 1.40 bits per heavy atom. The number of ketones is 1. The highest BCUT2D eigenvalue weighted by molar-refractivity contribution is 6.35. The molecule has 47 heavy (non-hydrogen) atoms. The average molecular weight is 674 g/mol. The number of anilines is 2. The molecule has 0 radical (unpaired) electrons. The molecule has 0 aliphatic heterocycles. The highest BCUT2D eigenvalue weighted by Gasteiger charge is 2.56. The quantitative estimate of drug-likeness (QED) is 0.148. The lowest BCUT2D eigenvalue weighted by molar-refractivity contribution is -0.150. The van der Waals surface area contributed by atoms with E-state index in [0.717, 1.165) is 16.7 Å². The van der Waals surface area contributed by atoms with Crippen LogP contribution in [0.1, 0.15) is 55.4 Å². The van der Waals surface area contributed by atoms with Crippen LogP contribution in [0.15, 0.2) is 91.0 Å². The fourth-order valence-corrected chi connectivity index (χ4v) is 6.86.